The molecule has 4 heteroatoms. The summed E-state index contributed by atoms with van der Waals surface area (Å²) in [5.41, 5.74) is 6.55. The van der Waals surface area contributed by atoms with Gasteiger partial charge in [-0.3, -0.25) is 0 Å². The third kappa shape index (κ3) is 7.85. The molecule has 38 heavy (non-hydrogen) atoms. The normalized spacial score (nSPS) is 10.1. The molecule has 4 aromatic rings. The molecule has 0 bridgehead atoms. The number of anilines is 1. The first-order chi connectivity index (χ1) is 18.6. The summed E-state index contributed by atoms with van der Waals surface area (Å²) >= 11 is 0. The van der Waals surface area contributed by atoms with Crippen LogP contribution in [-0.2, 0) is 19.5 Å². The van der Waals surface area contributed by atoms with E-state index in [1.54, 1.807) is 29.2 Å². The number of urea groups is 1. The van der Waals surface area contributed by atoms with Crippen molar-refractivity contribution in [2.75, 3.05) is 5.32 Å². The molecule has 0 unspecified atom stereocenters. The molecule has 0 fully saturated rings. The van der Waals surface area contributed by atoms with Gasteiger partial charge in [0.1, 0.15) is 0 Å². The molecule has 0 heterocycles. The second-order valence-electron chi connectivity index (χ2n) is 9.21. The van der Waals surface area contributed by atoms with Gasteiger partial charge >= 0.3 is 6.03 Å². The van der Waals surface area contributed by atoms with E-state index in [4.69, 9.17) is 5.26 Å². The minimum atomic E-state index is -0.204. The maximum Gasteiger partial charge on any atom is 0.322 e. The Kier molecular flexibility index (Phi) is 9.33. The SMILES string of the molecule is CCCCc1ccc(C#Cc2ccc(CN(Cc3ccccc3)C(=O)Nc3ccc(C#N)cc3)cc2)cc1. The fraction of sp³-hybridized carbons (Fsp3) is 0.176. The van der Waals surface area contributed by atoms with Gasteiger partial charge in [0.15, 0.2) is 0 Å². The van der Waals surface area contributed by atoms with E-state index in [2.05, 4.69) is 54.4 Å². The van der Waals surface area contributed by atoms with E-state index in [-0.39, 0.29) is 6.03 Å². The first kappa shape index (κ1) is 26.3. The van der Waals surface area contributed by atoms with Gasteiger partial charge in [-0.15, -0.1) is 0 Å². The number of hydrogen-bond donors (Lipinski definition) is 1. The summed E-state index contributed by atoms with van der Waals surface area (Å²) in [6.07, 6.45) is 3.51. The van der Waals surface area contributed by atoms with Gasteiger partial charge in [-0.1, -0.05) is 79.8 Å². The van der Waals surface area contributed by atoms with Gasteiger partial charge in [-0.05, 0) is 78.1 Å². The first-order valence-corrected chi connectivity index (χ1v) is 12.9. The lowest BCUT2D eigenvalue weighted by Gasteiger charge is -2.23. The Bertz CT molecular complexity index is 1420. The van der Waals surface area contributed by atoms with Crippen molar-refractivity contribution in [3.63, 3.8) is 0 Å². The van der Waals surface area contributed by atoms with Crippen molar-refractivity contribution in [2.45, 2.75) is 39.3 Å². The molecule has 0 aromatic heterocycles. The minimum absolute atomic E-state index is 0.204. The summed E-state index contributed by atoms with van der Waals surface area (Å²) in [4.78, 5) is 15.0. The Hall–Kier alpha value is -4.80. The van der Waals surface area contributed by atoms with E-state index in [0.717, 1.165) is 28.7 Å². The summed E-state index contributed by atoms with van der Waals surface area (Å²) < 4.78 is 0. The van der Waals surface area contributed by atoms with Gasteiger partial charge in [0.2, 0.25) is 0 Å². The quantitative estimate of drug-likeness (QED) is 0.256. The average molecular weight is 498 g/mol. The molecule has 0 aliphatic rings. The van der Waals surface area contributed by atoms with Crippen LogP contribution in [0, 0.1) is 23.2 Å². The predicted octanol–water partition coefficient (Wildman–Crippen LogP) is 7.53. The third-order valence-electron chi connectivity index (χ3n) is 6.22. The van der Waals surface area contributed by atoms with E-state index in [0.29, 0.717) is 24.3 Å². The third-order valence-corrected chi connectivity index (χ3v) is 6.22. The van der Waals surface area contributed by atoms with Gasteiger partial charge in [0.05, 0.1) is 11.6 Å². The fourth-order valence-electron chi connectivity index (χ4n) is 4.03. The molecule has 2 amide bonds. The zero-order valence-corrected chi connectivity index (χ0v) is 21.7. The Morgan fingerprint density at radius 1 is 0.711 bits per heavy atom. The molecule has 0 atom stereocenters. The lowest BCUT2D eigenvalue weighted by molar-refractivity contribution is 0.206. The van der Waals surface area contributed by atoms with Crippen LogP contribution in [0.15, 0.2) is 103 Å². The Balaban J connectivity index is 1.44. The number of hydrogen-bond acceptors (Lipinski definition) is 2. The molecule has 188 valence electrons. The molecular weight excluding hydrogens is 466 g/mol. The molecule has 0 saturated carbocycles. The summed E-state index contributed by atoms with van der Waals surface area (Å²) in [5.74, 6) is 6.49. The number of carbonyl (C=O) groups excluding carboxylic acids is 1. The topological polar surface area (TPSA) is 56.1 Å². The number of rotatable bonds is 8. The summed E-state index contributed by atoms with van der Waals surface area (Å²) in [7, 11) is 0. The van der Waals surface area contributed by atoms with E-state index in [1.165, 1.54) is 18.4 Å². The van der Waals surface area contributed by atoms with Gasteiger partial charge in [0, 0.05) is 29.9 Å². The van der Waals surface area contributed by atoms with Crippen molar-refractivity contribution in [2.24, 2.45) is 0 Å². The number of amides is 2. The monoisotopic (exact) mass is 497 g/mol. The van der Waals surface area contributed by atoms with Gasteiger partial charge in [-0.2, -0.15) is 5.26 Å². The van der Waals surface area contributed by atoms with Gasteiger partial charge in [-0.25, -0.2) is 4.79 Å². The molecule has 0 saturated heterocycles. The van der Waals surface area contributed by atoms with E-state index in [9.17, 15) is 4.79 Å². The van der Waals surface area contributed by atoms with E-state index < -0.39 is 0 Å². The number of nitriles is 1. The average Bonchev–Trinajstić information content (AvgIpc) is 2.97. The second-order valence-corrected chi connectivity index (χ2v) is 9.21. The number of nitrogens with one attached hydrogen (secondary N) is 1. The molecule has 4 aromatic carbocycles. The zero-order valence-electron chi connectivity index (χ0n) is 21.7. The van der Waals surface area contributed by atoms with E-state index >= 15 is 0 Å². The van der Waals surface area contributed by atoms with Crippen LogP contribution in [0.4, 0.5) is 10.5 Å². The molecule has 0 aliphatic carbocycles. The number of benzene rings is 4. The number of aryl methyl sites for hydroxylation is 1. The van der Waals surface area contributed by atoms with Crippen molar-refractivity contribution < 1.29 is 4.79 Å². The Morgan fingerprint density at radius 3 is 1.79 bits per heavy atom. The molecular formula is C34H31N3O. The first-order valence-electron chi connectivity index (χ1n) is 12.9. The van der Waals surface area contributed by atoms with Crippen molar-refractivity contribution >= 4 is 11.7 Å². The highest BCUT2D eigenvalue weighted by Crippen LogP contribution is 2.15. The van der Waals surface area contributed by atoms with E-state index in [1.807, 2.05) is 54.6 Å². The molecule has 0 aliphatic heterocycles. The lowest BCUT2D eigenvalue weighted by Crippen LogP contribution is -2.34. The highest BCUT2D eigenvalue weighted by molar-refractivity contribution is 5.89. The second kappa shape index (κ2) is 13.5. The molecule has 0 spiro atoms. The highest BCUT2D eigenvalue weighted by Gasteiger charge is 2.15. The van der Waals surface area contributed by atoms with Crippen LogP contribution in [0.25, 0.3) is 0 Å². The molecule has 0 radical (unpaired) electrons. The Labute approximate surface area is 225 Å². The zero-order chi connectivity index (χ0) is 26.6. The summed E-state index contributed by atoms with van der Waals surface area (Å²) in [5, 5.41) is 12.0. The van der Waals surface area contributed by atoms with Crippen LogP contribution < -0.4 is 5.32 Å². The number of carbonyl (C=O) groups is 1. The maximum atomic E-state index is 13.2. The molecule has 4 rings (SSSR count). The van der Waals surface area contributed by atoms with Crippen molar-refractivity contribution in [3.8, 4) is 17.9 Å². The van der Waals surface area contributed by atoms with Gasteiger partial charge in [0.25, 0.3) is 0 Å². The van der Waals surface area contributed by atoms with Crippen molar-refractivity contribution in [1.29, 1.82) is 5.26 Å². The van der Waals surface area contributed by atoms with Crippen LogP contribution in [0.5, 0.6) is 0 Å². The van der Waals surface area contributed by atoms with Crippen LogP contribution in [0.2, 0.25) is 0 Å². The predicted molar refractivity (Wildman–Crippen MR) is 153 cm³/mol. The standard InChI is InChI=1S/C34H31N3O/c1-2-3-7-27-10-12-28(13-11-27)14-15-29-16-18-32(19-17-29)26-37(25-31-8-5-4-6-9-31)34(38)36-33-22-20-30(24-35)21-23-33/h4-6,8-13,16-23H,2-3,7,25-26H2,1H3,(H,36,38). The maximum absolute atomic E-state index is 13.2. The van der Waals surface area contributed by atoms with Crippen LogP contribution in [-0.4, -0.2) is 10.9 Å². The van der Waals surface area contributed by atoms with Crippen molar-refractivity contribution in [1.82, 2.24) is 4.90 Å². The van der Waals surface area contributed by atoms with Crippen LogP contribution in [0.1, 0.15) is 53.1 Å². The highest BCUT2D eigenvalue weighted by atomic mass is 16.2. The largest absolute Gasteiger partial charge is 0.322 e. The minimum Gasteiger partial charge on any atom is -0.316 e. The van der Waals surface area contributed by atoms with Gasteiger partial charge < -0.3 is 10.2 Å². The summed E-state index contributed by atoms with van der Waals surface area (Å²) in [6, 6.07) is 35.2. The number of nitrogens with zero attached hydrogens (tertiary/aromatic N) is 2. The van der Waals surface area contributed by atoms with Crippen molar-refractivity contribution in [3.05, 3.63) is 137 Å². The molecule has 4 nitrogen and oxygen atoms in total. The Morgan fingerprint density at radius 2 is 1.24 bits per heavy atom. The lowest BCUT2D eigenvalue weighted by atomic mass is 10.1. The number of unbranched alkanes of at least 4 members (excludes halogenated alkanes) is 1. The molecule has 1 N–H and O–H groups in total. The summed E-state index contributed by atoms with van der Waals surface area (Å²) in [6.45, 7) is 3.13. The fourth-order valence-corrected chi connectivity index (χ4v) is 4.03. The van der Waals surface area contributed by atoms with Crippen LogP contribution >= 0.6 is 0 Å². The smallest absolute Gasteiger partial charge is 0.316 e. The van der Waals surface area contributed by atoms with Crippen LogP contribution in [0.3, 0.4) is 0 Å².